The van der Waals surface area contributed by atoms with Crippen LogP contribution in [0, 0.1) is 17.7 Å². The van der Waals surface area contributed by atoms with Gasteiger partial charge in [-0.2, -0.15) is 0 Å². The van der Waals surface area contributed by atoms with Crippen LogP contribution in [0.1, 0.15) is 44.2 Å². The van der Waals surface area contributed by atoms with Crippen LogP contribution in [0.25, 0.3) is 0 Å². The van der Waals surface area contributed by atoms with Gasteiger partial charge in [-0.1, -0.05) is 19.9 Å². The molecule has 2 unspecified atom stereocenters. The van der Waals surface area contributed by atoms with Gasteiger partial charge in [0, 0.05) is 31.2 Å². The smallest absolute Gasteiger partial charge is 0.241 e. The first-order chi connectivity index (χ1) is 15.6. The van der Waals surface area contributed by atoms with Crippen LogP contribution in [0.3, 0.4) is 0 Å². The summed E-state index contributed by atoms with van der Waals surface area (Å²) >= 11 is 0. The minimum absolute atomic E-state index is 0.0958. The van der Waals surface area contributed by atoms with Crippen LogP contribution in [0.15, 0.2) is 47.6 Å². The highest BCUT2D eigenvalue weighted by atomic mass is 32.2. The predicted octanol–water partition coefficient (Wildman–Crippen LogP) is 2.82. The molecule has 1 N–H and O–H groups in total. The molecule has 1 aromatic carbocycles. The number of carbonyl (C=O) groups is 3. The molecule has 3 rings (SSSR count). The van der Waals surface area contributed by atoms with E-state index in [2.05, 4.69) is 9.71 Å². The Bertz CT molecular complexity index is 1150. The van der Waals surface area contributed by atoms with Gasteiger partial charge in [0.2, 0.25) is 15.8 Å². The maximum atomic E-state index is 13.2. The van der Waals surface area contributed by atoms with Crippen molar-refractivity contribution in [3.63, 3.8) is 0 Å². The molecule has 0 saturated heterocycles. The standard InChI is InChI=1S/C24H27FN2O5S/c1-15(2)23(27-33(31,32)20-8-6-19(25)7-9-20)22(29)12-18-11-17-10-16(13-26-14-17)4-3-5-21(28)24(18)30/h6-10,13-15,18,23,27H,3-5,11-12H2,1-2H3. The fourth-order valence-corrected chi connectivity index (χ4v) is 5.30. The summed E-state index contributed by atoms with van der Waals surface area (Å²) < 4.78 is 41.1. The number of carbonyl (C=O) groups excluding carboxylic acids is 3. The molecule has 0 saturated carbocycles. The van der Waals surface area contributed by atoms with Crippen LogP contribution in [-0.4, -0.2) is 36.8 Å². The Balaban J connectivity index is 1.83. The molecule has 2 aromatic rings. The Morgan fingerprint density at radius 3 is 2.45 bits per heavy atom. The number of nitrogens with zero attached hydrogens (tertiary/aromatic N) is 1. The number of halogens is 1. The second-order valence-corrected chi connectivity index (χ2v) is 10.4. The molecule has 1 aromatic heterocycles. The molecule has 1 aliphatic rings. The molecule has 1 heterocycles. The lowest BCUT2D eigenvalue weighted by molar-refractivity contribution is -0.140. The van der Waals surface area contributed by atoms with E-state index < -0.39 is 51.1 Å². The molecule has 33 heavy (non-hydrogen) atoms. The van der Waals surface area contributed by atoms with Gasteiger partial charge in [-0.3, -0.25) is 19.4 Å². The fraction of sp³-hybridized carbons (Fsp3) is 0.417. The van der Waals surface area contributed by atoms with Crippen LogP contribution in [0.4, 0.5) is 4.39 Å². The zero-order chi connectivity index (χ0) is 24.2. The van der Waals surface area contributed by atoms with Crippen molar-refractivity contribution in [2.45, 2.75) is 56.9 Å². The lowest BCUT2D eigenvalue weighted by atomic mass is 9.84. The van der Waals surface area contributed by atoms with Gasteiger partial charge in [-0.15, -0.1) is 0 Å². The number of benzene rings is 1. The van der Waals surface area contributed by atoms with Crippen molar-refractivity contribution in [2.75, 3.05) is 0 Å². The number of nitrogens with one attached hydrogen (secondary N) is 1. The molecule has 1 aliphatic carbocycles. The summed E-state index contributed by atoms with van der Waals surface area (Å²) in [6.07, 6.45) is 4.48. The lowest BCUT2D eigenvalue weighted by Gasteiger charge is -2.24. The molecule has 0 amide bonds. The topological polar surface area (TPSA) is 110 Å². The van der Waals surface area contributed by atoms with Crippen LogP contribution in [-0.2, 0) is 37.2 Å². The SMILES string of the molecule is CC(C)C(NS(=O)(=O)c1ccc(F)cc1)C(=O)CC1Cc2cncc(c2)CCCC(=O)C1=O. The number of ketones is 3. The van der Waals surface area contributed by atoms with Crippen molar-refractivity contribution in [1.82, 2.24) is 9.71 Å². The van der Waals surface area contributed by atoms with E-state index in [0.717, 1.165) is 35.4 Å². The Morgan fingerprint density at radius 1 is 1.12 bits per heavy atom. The van der Waals surface area contributed by atoms with Crippen molar-refractivity contribution in [1.29, 1.82) is 0 Å². The van der Waals surface area contributed by atoms with Gasteiger partial charge >= 0.3 is 0 Å². The van der Waals surface area contributed by atoms with Gasteiger partial charge in [0.1, 0.15) is 5.82 Å². The summed E-state index contributed by atoms with van der Waals surface area (Å²) in [5, 5.41) is 0. The zero-order valence-electron chi connectivity index (χ0n) is 18.6. The first kappa shape index (κ1) is 24.9. The molecule has 0 aliphatic heterocycles. The number of pyridine rings is 1. The summed E-state index contributed by atoms with van der Waals surface area (Å²) in [7, 11) is -4.10. The molecule has 0 radical (unpaired) electrons. The molecule has 0 spiro atoms. The van der Waals surface area contributed by atoms with E-state index in [0.29, 0.717) is 12.8 Å². The van der Waals surface area contributed by atoms with Crippen molar-refractivity contribution < 1.29 is 27.2 Å². The third kappa shape index (κ3) is 6.39. The molecule has 2 atom stereocenters. The van der Waals surface area contributed by atoms with E-state index in [4.69, 9.17) is 0 Å². The number of rotatable bonds is 7. The predicted molar refractivity (Wildman–Crippen MR) is 119 cm³/mol. The Labute approximate surface area is 192 Å². The molecule has 176 valence electrons. The summed E-state index contributed by atoms with van der Waals surface area (Å²) in [4.78, 5) is 42.4. The lowest BCUT2D eigenvalue weighted by Crippen LogP contribution is -2.45. The molecule has 7 nitrogen and oxygen atoms in total. The van der Waals surface area contributed by atoms with Gasteiger partial charge in [-0.05, 0) is 60.6 Å². The largest absolute Gasteiger partial charge is 0.298 e. The highest BCUT2D eigenvalue weighted by molar-refractivity contribution is 7.89. The minimum atomic E-state index is -4.10. The zero-order valence-corrected chi connectivity index (χ0v) is 19.4. The van der Waals surface area contributed by atoms with Crippen molar-refractivity contribution in [3.05, 3.63) is 59.7 Å². The van der Waals surface area contributed by atoms with E-state index in [9.17, 15) is 27.2 Å². The average molecular weight is 475 g/mol. The van der Waals surface area contributed by atoms with E-state index >= 15 is 0 Å². The Hall–Kier alpha value is -2.78. The molecule has 2 bridgehead atoms. The maximum absolute atomic E-state index is 13.2. The third-order valence-corrected chi connectivity index (χ3v) is 7.17. The first-order valence-electron chi connectivity index (χ1n) is 10.9. The second kappa shape index (κ2) is 10.4. The average Bonchev–Trinajstić information content (AvgIpc) is 2.76. The number of hydrogen-bond acceptors (Lipinski definition) is 6. The number of aryl methyl sites for hydroxylation is 1. The van der Waals surface area contributed by atoms with Crippen LogP contribution < -0.4 is 4.72 Å². The molecular formula is C24H27FN2O5S. The van der Waals surface area contributed by atoms with Gasteiger partial charge < -0.3 is 0 Å². The summed E-state index contributed by atoms with van der Waals surface area (Å²) in [5.41, 5.74) is 1.72. The quantitative estimate of drug-likeness (QED) is 0.618. The van der Waals surface area contributed by atoms with Crippen LogP contribution in [0.2, 0.25) is 0 Å². The number of Topliss-reactive ketones (excluding diaryl/α,β-unsaturated/α-hetero) is 3. The Morgan fingerprint density at radius 2 is 1.79 bits per heavy atom. The number of aromatic nitrogens is 1. The van der Waals surface area contributed by atoms with E-state index in [1.807, 2.05) is 6.07 Å². The van der Waals surface area contributed by atoms with Gasteiger partial charge in [0.15, 0.2) is 11.6 Å². The van der Waals surface area contributed by atoms with E-state index in [1.165, 1.54) is 0 Å². The summed E-state index contributed by atoms with van der Waals surface area (Å²) in [6.45, 7) is 3.37. The highest BCUT2D eigenvalue weighted by Crippen LogP contribution is 2.22. The van der Waals surface area contributed by atoms with Gasteiger partial charge in [0.05, 0.1) is 10.9 Å². The normalized spacial score (nSPS) is 18.2. The summed E-state index contributed by atoms with van der Waals surface area (Å²) in [5.74, 6) is -3.50. The first-order valence-corrected chi connectivity index (χ1v) is 12.4. The number of fused-ring (bicyclic) bond motifs is 2. The van der Waals surface area contributed by atoms with Crippen molar-refractivity contribution in [2.24, 2.45) is 11.8 Å². The number of sulfonamides is 1. The molecule has 0 fully saturated rings. The van der Waals surface area contributed by atoms with E-state index in [1.54, 1.807) is 26.2 Å². The van der Waals surface area contributed by atoms with Crippen LogP contribution >= 0.6 is 0 Å². The summed E-state index contributed by atoms with van der Waals surface area (Å²) in [6, 6.07) is 5.08. The maximum Gasteiger partial charge on any atom is 0.241 e. The highest BCUT2D eigenvalue weighted by Gasteiger charge is 2.34. The van der Waals surface area contributed by atoms with E-state index in [-0.39, 0.29) is 24.2 Å². The number of hydrogen-bond donors (Lipinski definition) is 1. The van der Waals surface area contributed by atoms with Crippen molar-refractivity contribution in [3.8, 4) is 0 Å². The molecular weight excluding hydrogens is 447 g/mol. The molecule has 9 heteroatoms. The fourth-order valence-electron chi connectivity index (χ4n) is 3.93. The second-order valence-electron chi connectivity index (χ2n) is 8.71. The minimum Gasteiger partial charge on any atom is -0.298 e. The third-order valence-electron chi connectivity index (χ3n) is 5.72. The Kier molecular flexibility index (Phi) is 7.86. The van der Waals surface area contributed by atoms with Crippen molar-refractivity contribution >= 4 is 27.4 Å². The monoisotopic (exact) mass is 474 g/mol. The van der Waals surface area contributed by atoms with Gasteiger partial charge in [-0.25, -0.2) is 17.5 Å². The van der Waals surface area contributed by atoms with Crippen LogP contribution in [0.5, 0.6) is 0 Å². The van der Waals surface area contributed by atoms with Gasteiger partial charge in [0.25, 0.3) is 0 Å².